The van der Waals surface area contributed by atoms with Crippen LogP contribution in [-0.2, 0) is 16.4 Å². The Morgan fingerprint density at radius 3 is 2.63 bits per heavy atom. The highest BCUT2D eigenvalue weighted by Crippen LogP contribution is 2.33. The van der Waals surface area contributed by atoms with E-state index in [0.29, 0.717) is 29.3 Å². The monoisotopic (exact) mass is 431 g/mol. The molecule has 6 nitrogen and oxygen atoms in total. The fourth-order valence-corrected chi connectivity index (χ4v) is 6.18. The van der Waals surface area contributed by atoms with E-state index in [-0.39, 0.29) is 18.0 Å². The number of likely N-dealkylation sites (N-methyl/N-ethyl adjacent to an activating group) is 1. The van der Waals surface area contributed by atoms with Gasteiger partial charge in [0.2, 0.25) is 0 Å². The lowest BCUT2D eigenvalue weighted by molar-refractivity contribution is 0.347. The Morgan fingerprint density at radius 1 is 1.19 bits per heavy atom. The van der Waals surface area contributed by atoms with Gasteiger partial charge in [0.1, 0.15) is 4.21 Å². The molecule has 150 valence electrons. The maximum absolute atomic E-state index is 13.0. The van der Waals surface area contributed by atoms with Crippen molar-refractivity contribution >= 4 is 33.8 Å². The number of thiophene rings is 1. The van der Waals surface area contributed by atoms with Gasteiger partial charge in [0.25, 0.3) is 15.6 Å². The van der Waals surface area contributed by atoms with Gasteiger partial charge in [-0.05, 0) is 51.6 Å². The molecule has 1 saturated heterocycles. The summed E-state index contributed by atoms with van der Waals surface area (Å²) in [5, 5.41) is 0. The zero-order valence-corrected chi connectivity index (χ0v) is 18.3. The van der Waals surface area contributed by atoms with Crippen LogP contribution in [0.1, 0.15) is 24.6 Å². The van der Waals surface area contributed by atoms with Crippen molar-refractivity contribution in [1.29, 1.82) is 0 Å². The van der Waals surface area contributed by atoms with Crippen molar-refractivity contribution in [2.45, 2.75) is 30.9 Å². The number of pyridine rings is 1. The smallest absolute Gasteiger partial charge is 0.252 e. The number of hydrogen-bond acceptors (Lipinski definition) is 5. The number of halogens is 1. The highest BCUT2D eigenvalue weighted by molar-refractivity contribution is 7.91. The maximum atomic E-state index is 13.0. The summed E-state index contributed by atoms with van der Waals surface area (Å²) < 4.78 is 28.0. The second-order valence-electron chi connectivity index (χ2n) is 6.70. The number of aryl methyl sites for hydroxylation is 2. The standard InChI is InChI=1S/C18H25N3O3S2.ClH/c1-4-14-12-15(13(2)19-18(14)22)16-6-7-17(25-16)26(23,24)21-9-5-8-20(3)10-11-21;/h6-7,12H,4-5,8-11H2,1-3H3,(H,19,22);1H. The first-order valence-corrected chi connectivity index (χ1v) is 11.1. The van der Waals surface area contributed by atoms with Gasteiger partial charge in [-0.1, -0.05) is 6.92 Å². The zero-order chi connectivity index (χ0) is 18.9. The quantitative estimate of drug-likeness (QED) is 0.807. The van der Waals surface area contributed by atoms with Gasteiger partial charge in [-0.15, -0.1) is 23.7 Å². The highest BCUT2D eigenvalue weighted by Gasteiger charge is 2.28. The number of nitrogens with zero attached hydrogens (tertiary/aromatic N) is 2. The third-order valence-electron chi connectivity index (χ3n) is 4.82. The molecule has 0 radical (unpaired) electrons. The van der Waals surface area contributed by atoms with E-state index in [9.17, 15) is 13.2 Å². The number of hydrogen-bond donors (Lipinski definition) is 1. The molecule has 0 unspecified atom stereocenters. The summed E-state index contributed by atoms with van der Waals surface area (Å²) in [5.41, 5.74) is 2.28. The Balaban J connectivity index is 0.00000261. The molecule has 2 aromatic rings. The Labute approximate surface area is 170 Å². The summed E-state index contributed by atoms with van der Waals surface area (Å²) in [6, 6.07) is 5.39. The number of H-pyrrole nitrogens is 1. The predicted molar refractivity (Wildman–Crippen MR) is 113 cm³/mol. The summed E-state index contributed by atoms with van der Waals surface area (Å²) in [7, 11) is -1.46. The van der Waals surface area contributed by atoms with Gasteiger partial charge in [-0.25, -0.2) is 8.42 Å². The minimum Gasteiger partial charge on any atom is -0.326 e. The van der Waals surface area contributed by atoms with E-state index in [0.717, 1.165) is 35.6 Å². The van der Waals surface area contributed by atoms with E-state index in [1.807, 2.05) is 33.0 Å². The molecule has 0 aliphatic carbocycles. The molecule has 0 spiro atoms. The molecule has 27 heavy (non-hydrogen) atoms. The fraction of sp³-hybridized carbons (Fsp3) is 0.500. The van der Waals surface area contributed by atoms with Gasteiger partial charge in [0.05, 0.1) is 0 Å². The number of aromatic amines is 1. The maximum Gasteiger partial charge on any atom is 0.252 e. The number of rotatable bonds is 4. The number of sulfonamides is 1. The molecule has 9 heteroatoms. The Bertz CT molecular complexity index is 953. The summed E-state index contributed by atoms with van der Waals surface area (Å²) in [4.78, 5) is 17.8. The number of nitrogens with one attached hydrogen (secondary N) is 1. The predicted octanol–water partition coefficient (Wildman–Crippen LogP) is 2.72. The van der Waals surface area contributed by atoms with Crippen LogP contribution in [0.4, 0.5) is 0 Å². The lowest BCUT2D eigenvalue weighted by atomic mass is 10.1. The summed E-state index contributed by atoms with van der Waals surface area (Å²) in [6.07, 6.45) is 1.48. The molecule has 0 atom stereocenters. The lowest BCUT2D eigenvalue weighted by Crippen LogP contribution is -2.34. The van der Waals surface area contributed by atoms with E-state index in [2.05, 4.69) is 9.88 Å². The van der Waals surface area contributed by atoms with Crippen LogP contribution in [0.25, 0.3) is 10.4 Å². The molecular weight excluding hydrogens is 406 g/mol. The van der Waals surface area contributed by atoms with Gasteiger partial charge in [-0.3, -0.25) is 4.79 Å². The lowest BCUT2D eigenvalue weighted by Gasteiger charge is -2.19. The van der Waals surface area contributed by atoms with Crippen molar-refractivity contribution in [3.05, 3.63) is 39.8 Å². The van der Waals surface area contributed by atoms with Gasteiger partial charge in [0.15, 0.2) is 0 Å². The van der Waals surface area contributed by atoms with Gasteiger partial charge in [0, 0.05) is 41.3 Å². The SMILES string of the molecule is CCc1cc(-c2ccc(S(=O)(=O)N3CCCN(C)CC3)s2)c(C)[nH]c1=O.Cl. The molecule has 1 aliphatic rings. The van der Waals surface area contributed by atoms with Crippen LogP contribution in [0.5, 0.6) is 0 Å². The molecule has 0 saturated carbocycles. The third kappa shape index (κ3) is 4.63. The first-order chi connectivity index (χ1) is 12.3. The number of aromatic nitrogens is 1. The van der Waals surface area contributed by atoms with Crippen LogP contribution in [0.2, 0.25) is 0 Å². The summed E-state index contributed by atoms with van der Waals surface area (Å²) in [5.74, 6) is 0. The van der Waals surface area contributed by atoms with E-state index in [4.69, 9.17) is 0 Å². The average molecular weight is 432 g/mol. The molecule has 0 aromatic carbocycles. The molecular formula is C18H26ClN3O3S2. The second-order valence-corrected chi connectivity index (χ2v) is 9.94. The third-order valence-corrected chi connectivity index (χ3v) is 8.30. The van der Waals surface area contributed by atoms with Crippen molar-refractivity contribution in [2.75, 3.05) is 33.2 Å². The molecule has 0 bridgehead atoms. The minimum atomic E-state index is -3.48. The first-order valence-electron chi connectivity index (χ1n) is 8.84. The van der Waals surface area contributed by atoms with Crippen LogP contribution in [0, 0.1) is 6.92 Å². The van der Waals surface area contributed by atoms with E-state index in [1.165, 1.54) is 11.3 Å². The Morgan fingerprint density at radius 2 is 1.93 bits per heavy atom. The van der Waals surface area contributed by atoms with Crippen molar-refractivity contribution in [1.82, 2.24) is 14.2 Å². The van der Waals surface area contributed by atoms with E-state index >= 15 is 0 Å². The highest BCUT2D eigenvalue weighted by atomic mass is 35.5. The van der Waals surface area contributed by atoms with Crippen LogP contribution in [-0.4, -0.2) is 55.8 Å². The van der Waals surface area contributed by atoms with Gasteiger partial charge in [-0.2, -0.15) is 4.31 Å². The first kappa shape index (κ1) is 22.1. The van der Waals surface area contributed by atoms with Crippen LogP contribution in [0.3, 0.4) is 0 Å². The minimum absolute atomic E-state index is 0. The average Bonchev–Trinajstić information content (AvgIpc) is 2.98. The topological polar surface area (TPSA) is 73.5 Å². The largest absolute Gasteiger partial charge is 0.326 e. The van der Waals surface area contributed by atoms with Gasteiger partial charge >= 0.3 is 0 Å². The van der Waals surface area contributed by atoms with Gasteiger partial charge < -0.3 is 9.88 Å². The van der Waals surface area contributed by atoms with Crippen molar-refractivity contribution in [2.24, 2.45) is 0 Å². The molecule has 3 rings (SSSR count). The van der Waals surface area contributed by atoms with Crippen molar-refractivity contribution in [3.63, 3.8) is 0 Å². The second kappa shape index (κ2) is 8.87. The fourth-order valence-electron chi connectivity index (χ4n) is 3.18. The molecule has 1 fully saturated rings. The Kier molecular flexibility index (Phi) is 7.27. The molecule has 1 N–H and O–H groups in total. The van der Waals surface area contributed by atoms with Crippen molar-refractivity contribution < 1.29 is 8.42 Å². The van der Waals surface area contributed by atoms with E-state index < -0.39 is 10.0 Å². The molecule has 3 heterocycles. The molecule has 1 aliphatic heterocycles. The Hall–Kier alpha value is -1.19. The van der Waals surface area contributed by atoms with E-state index in [1.54, 1.807) is 10.4 Å². The van der Waals surface area contributed by atoms with Crippen LogP contribution < -0.4 is 5.56 Å². The molecule has 2 aromatic heterocycles. The normalized spacial score (nSPS) is 16.7. The van der Waals surface area contributed by atoms with Crippen LogP contribution in [0.15, 0.2) is 27.2 Å². The zero-order valence-electron chi connectivity index (χ0n) is 15.8. The molecule has 0 amide bonds. The summed E-state index contributed by atoms with van der Waals surface area (Å²) >= 11 is 1.27. The van der Waals surface area contributed by atoms with Crippen LogP contribution >= 0.6 is 23.7 Å². The van der Waals surface area contributed by atoms with Crippen molar-refractivity contribution in [3.8, 4) is 10.4 Å². The summed E-state index contributed by atoms with van der Waals surface area (Å²) in [6.45, 7) is 6.51.